The summed E-state index contributed by atoms with van der Waals surface area (Å²) in [5.41, 5.74) is 8.86. The van der Waals surface area contributed by atoms with Crippen LogP contribution >= 0.6 is 0 Å². The zero-order valence-corrected chi connectivity index (χ0v) is 15.8. The number of rotatable bonds is 3. The maximum Gasteiger partial charge on any atom is 0.246 e. The van der Waals surface area contributed by atoms with Crippen LogP contribution in [0.25, 0.3) is 0 Å². The average molecular weight is 380 g/mol. The summed E-state index contributed by atoms with van der Waals surface area (Å²) >= 11 is 0. The van der Waals surface area contributed by atoms with Gasteiger partial charge in [-0.25, -0.2) is 10.9 Å². The highest BCUT2D eigenvalue weighted by molar-refractivity contribution is 5.98. The number of phenols is 1. The van der Waals surface area contributed by atoms with Gasteiger partial charge in [0.15, 0.2) is 0 Å². The molecule has 2 aromatic carbocycles. The van der Waals surface area contributed by atoms with Gasteiger partial charge in [0.2, 0.25) is 11.8 Å². The smallest absolute Gasteiger partial charge is 0.246 e. The number of nitrogens with zero attached hydrogens (tertiary/aromatic N) is 2. The van der Waals surface area contributed by atoms with Crippen molar-refractivity contribution in [3.63, 3.8) is 0 Å². The lowest BCUT2D eigenvalue weighted by atomic mass is 10.0. The second-order valence-corrected chi connectivity index (χ2v) is 7.33. The summed E-state index contributed by atoms with van der Waals surface area (Å²) in [4.78, 5) is 28.8. The first-order valence-corrected chi connectivity index (χ1v) is 9.47. The molecule has 3 N–H and O–H groups in total. The third-order valence-electron chi connectivity index (χ3n) is 5.39. The molecule has 146 valence electrons. The predicted octanol–water partition coefficient (Wildman–Crippen LogP) is 1.48. The van der Waals surface area contributed by atoms with Crippen LogP contribution in [0.4, 0.5) is 5.69 Å². The fourth-order valence-electron chi connectivity index (χ4n) is 3.78. The number of aromatic hydroxyl groups is 1. The zero-order valence-electron chi connectivity index (χ0n) is 15.8. The van der Waals surface area contributed by atoms with Crippen molar-refractivity contribution >= 4 is 17.5 Å². The van der Waals surface area contributed by atoms with Crippen LogP contribution in [0.3, 0.4) is 0 Å². The van der Waals surface area contributed by atoms with Crippen LogP contribution in [-0.2, 0) is 9.59 Å². The molecule has 2 atom stereocenters. The number of hydrogen-bond donors (Lipinski definition) is 3. The monoisotopic (exact) mass is 380 g/mol. The van der Waals surface area contributed by atoms with Crippen LogP contribution in [0.1, 0.15) is 23.6 Å². The van der Waals surface area contributed by atoms with E-state index < -0.39 is 6.04 Å². The minimum absolute atomic E-state index is 0.0755. The van der Waals surface area contributed by atoms with Gasteiger partial charge in [-0.3, -0.25) is 9.59 Å². The van der Waals surface area contributed by atoms with E-state index in [1.165, 1.54) is 0 Å². The van der Waals surface area contributed by atoms with Crippen molar-refractivity contribution in [2.75, 3.05) is 24.5 Å². The molecule has 0 radical (unpaired) electrons. The Morgan fingerprint density at radius 3 is 2.54 bits per heavy atom. The number of phenolic OH excluding ortho intramolecular Hbond substituents is 1. The van der Waals surface area contributed by atoms with Gasteiger partial charge in [-0.15, -0.1) is 0 Å². The van der Waals surface area contributed by atoms with E-state index in [0.29, 0.717) is 19.5 Å². The van der Waals surface area contributed by atoms with Gasteiger partial charge in [0.05, 0.1) is 6.04 Å². The highest BCUT2D eigenvalue weighted by Gasteiger charge is 2.36. The summed E-state index contributed by atoms with van der Waals surface area (Å²) in [6.07, 6.45) is 0.517. The van der Waals surface area contributed by atoms with E-state index in [1.54, 1.807) is 21.9 Å². The Morgan fingerprint density at radius 2 is 1.82 bits per heavy atom. The summed E-state index contributed by atoms with van der Waals surface area (Å²) in [5.74, 6) is 0.0331. The summed E-state index contributed by atoms with van der Waals surface area (Å²) in [6.45, 7) is 3.06. The van der Waals surface area contributed by atoms with Gasteiger partial charge >= 0.3 is 0 Å². The van der Waals surface area contributed by atoms with Crippen LogP contribution in [0.5, 0.6) is 5.75 Å². The minimum atomic E-state index is -0.427. The van der Waals surface area contributed by atoms with E-state index in [-0.39, 0.29) is 30.2 Å². The summed E-state index contributed by atoms with van der Waals surface area (Å²) in [7, 11) is 0. The second-order valence-electron chi connectivity index (χ2n) is 7.33. The molecule has 28 heavy (non-hydrogen) atoms. The fraction of sp³-hybridized carbons (Fsp3) is 0.333. The number of piperazine rings is 1. The molecule has 2 heterocycles. The maximum atomic E-state index is 12.9. The van der Waals surface area contributed by atoms with E-state index in [2.05, 4.69) is 10.9 Å². The SMILES string of the molecule is Cc1ccc(N2CCN(C(=O)C3CC(c4ccccc4O)NN3)CC2=O)cc1. The molecule has 4 rings (SSSR count). The number of carbonyl (C=O) groups excluding carboxylic acids is 2. The second kappa shape index (κ2) is 7.61. The van der Waals surface area contributed by atoms with Crippen LogP contribution < -0.4 is 15.8 Å². The first kappa shape index (κ1) is 18.5. The normalized spacial score (nSPS) is 22.5. The largest absolute Gasteiger partial charge is 0.508 e. The number of anilines is 1. The summed E-state index contributed by atoms with van der Waals surface area (Å²) in [5, 5.41) is 10.0. The number of benzene rings is 2. The van der Waals surface area contributed by atoms with Crippen LogP contribution in [0, 0.1) is 6.92 Å². The molecular weight excluding hydrogens is 356 g/mol. The van der Waals surface area contributed by atoms with Crippen molar-refractivity contribution in [3.8, 4) is 5.75 Å². The molecule has 2 fully saturated rings. The standard InChI is InChI=1S/C21H24N4O3/c1-14-6-8-15(9-7-14)25-11-10-24(13-20(25)27)21(28)18-12-17(22-23-18)16-4-2-3-5-19(16)26/h2-9,17-18,22-23,26H,10-13H2,1H3. The van der Waals surface area contributed by atoms with Crippen molar-refractivity contribution in [1.29, 1.82) is 0 Å². The van der Waals surface area contributed by atoms with Gasteiger partial charge in [-0.05, 0) is 31.5 Å². The van der Waals surface area contributed by atoms with Gasteiger partial charge in [-0.1, -0.05) is 35.9 Å². The quantitative estimate of drug-likeness (QED) is 0.751. The summed E-state index contributed by atoms with van der Waals surface area (Å²) < 4.78 is 0. The fourth-order valence-corrected chi connectivity index (χ4v) is 3.78. The number of aryl methyl sites for hydroxylation is 1. The van der Waals surface area contributed by atoms with Gasteiger partial charge in [0.25, 0.3) is 0 Å². The maximum absolute atomic E-state index is 12.9. The van der Waals surface area contributed by atoms with Crippen LogP contribution in [0.15, 0.2) is 48.5 Å². The van der Waals surface area contributed by atoms with Gasteiger partial charge in [0.1, 0.15) is 18.3 Å². The molecule has 2 aliphatic rings. The van der Waals surface area contributed by atoms with Crippen molar-refractivity contribution in [2.45, 2.75) is 25.4 Å². The molecule has 2 amide bonds. The van der Waals surface area contributed by atoms with E-state index in [0.717, 1.165) is 16.8 Å². The number of nitrogens with one attached hydrogen (secondary N) is 2. The highest BCUT2D eigenvalue weighted by atomic mass is 16.3. The van der Waals surface area contributed by atoms with Gasteiger partial charge in [-0.2, -0.15) is 0 Å². The van der Waals surface area contributed by atoms with E-state index in [4.69, 9.17) is 0 Å². The zero-order chi connectivity index (χ0) is 19.7. The molecular formula is C21H24N4O3. The third-order valence-corrected chi connectivity index (χ3v) is 5.39. The number of para-hydroxylation sites is 1. The van der Waals surface area contributed by atoms with Crippen molar-refractivity contribution < 1.29 is 14.7 Å². The van der Waals surface area contributed by atoms with Crippen LogP contribution in [-0.4, -0.2) is 47.5 Å². The molecule has 7 nitrogen and oxygen atoms in total. The van der Waals surface area contributed by atoms with E-state index in [9.17, 15) is 14.7 Å². The Kier molecular flexibility index (Phi) is 5.02. The number of hydrazine groups is 1. The molecule has 7 heteroatoms. The van der Waals surface area contributed by atoms with Gasteiger partial charge < -0.3 is 14.9 Å². The molecule has 0 aliphatic carbocycles. The highest BCUT2D eigenvalue weighted by Crippen LogP contribution is 2.29. The molecule has 0 bridgehead atoms. The summed E-state index contributed by atoms with van der Waals surface area (Å²) in [6, 6.07) is 14.3. The Hall–Kier alpha value is -2.90. The lowest BCUT2D eigenvalue weighted by Crippen LogP contribution is -2.56. The van der Waals surface area contributed by atoms with E-state index >= 15 is 0 Å². The number of carbonyl (C=O) groups is 2. The third kappa shape index (κ3) is 3.58. The van der Waals surface area contributed by atoms with E-state index in [1.807, 2.05) is 43.3 Å². The first-order valence-electron chi connectivity index (χ1n) is 9.47. The molecule has 2 unspecified atom stereocenters. The molecule has 2 saturated heterocycles. The van der Waals surface area contributed by atoms with Gasteiger partial charge in [0, 0.05) is 24.3 Å². The average Bonchev–Trinajstić information content (AvgIpc) is 3.18. The Labute approximate surface area is 163 Å². The van der Waals surface area contributed by atoms with Crippen molar-refractivity contribution in [1.82, 2.24) is 15.8 Å². The molecule has 0 saturated carbocycles. The molecule has 2 aliphatic heterocycles. The van der Waals surface area contributed by atoms with Crippen molar-refractivity contribution in [3.05, 3.63) is 59.7 Å². The predicted molar refractivity (Wildman–Crippen MR) is 106 cm³/mol. The number of amides is 2. The van der Waals surface area contributed by atoms with Crippen LogP contribution in [0.2, 0.25) is 0 Å². The topological polar surface area (TPSA) is 84.9 Å². The Bertz CT molecular complexity index is 883. The lowest BCUT2D eigenvalue weighted by molar-refractivity contribution is -0.138. The Balaban J connectivity index is 1.38. The van der Waals surface area contributed by atoms with Crippen molar-refractivity contribution in [2.24, 2.45) is 0 Å². The molecule has 2 aromatic rings. The first-order chi connectivity index (χ1) is 13.5. The number of hydrogen-bond acceptors (Lipinski definition) is 5. The Morgan fingerprint density at radius 1 is 1.07 bits per heavy atom. The lowest BCUT2D eigenvalue weighted by Gasteiger charge is -2.35. The molecule has 0 spiro atoms. The molecule has 0 aromatic heterocycles. The minimum Gasteiger partial charge on any atom is -0.508 e.